The van der Waals surface area contributed by atoms with Crippen molar-refractivity contribution in [1.82, 2.24) is 0 Å². The van der Waals surface area contributed by atoms with Crippen LogP contribution in [0, 0.1) is 40.4 Å². The van der Waals surface area contributed by atoms with E-state index in [1.807, 2.05) is 20.8 Å². The van der Waals surface area contributed by atoms with Gasteiger partial charge in [0, 0.05) is 59.7 Å². The number of aliphatic carboxylic acids is 3. The van der Waals surface area contributed by atoms with Crippen molar-refractivity contribution >= 4 is 17.9 Å². The number of carboxylic acids is 3. The second-order valence-electron chi connectivity index (χ2n) is 4.49. The maximum absolute atomic E-state index is 9.76. The zero-order valence-corrected chi connectivity index (χ0v) is 16.5. The van der Waals surface area contributed by atoms with Crippen LogP contribution in [0.4, 0.5) is 0 Å². The molecule has 7 heteroatoms. The SMILES string of the molecule is CCCCC(=O)O.CCCCC(=O)O.CCCCC(=O)O.[Sm]. The summed E-state index contributed by atoms with van der Waals surface area (Å²) >= 11 is 0. The first-order valence-electron chi connectivity index (χ1n) is 7.47. The first kappa shape index (κ1) is 29.7. The van der Waals surface area contributed by atoms with Crippen LogP contribution in [0.2, 0.25) is 0 Å². The Morgan fingerprint density at radius 2 is 0.773 bits per heavy atom. The summed E-state index contributed by atoms with van der Waals surface area (Å²) in [6.45, 7) is 5.93. The molecule has 0 spiro atoms. The average Bonchev–Trinajstić information content (AvgIpc) is 2.41. The Hall–Kier alpha value is -0.252. The quantitative estimate of drug-likeness (QED) is 0.487. The molecule has 0 amide bonds. The van der Waals surface area contributed by atoms with Crippen molar-refractivity contribution in [2.45, 2.75) is 78.6 Å². The van der Waals surface area contributed by atoms with E-state index in [9.17, 15) is 14.4 Å². The van der Waals surface area contributed by atoms with Gasteiger partial charge in [-0.2, -0.15) is 0 Å². The summed E-state index contributed by atoms with van der Waals surface area (Å²) in [6, 6.07) is 0. The third-order valence-electron chi connectivity index (χ3n) is 2.23. The monoisotopic (exact) mass is 458 g/mol. The molecule has 3 N–H and O–H groups in total. The van der Waals surface area contributed by atoms with Crippen molar-refractivity contribution in [3.05, 3.63) is 0 Å². The summed E-state index contributed by atoms with van der Waals surface area (Å²) in [5.74, 6) is -2.08. The molecule has 22 heavy (non-hydrogen) atoms. The minimum absolute atomic E-state index is 0. The van der Waals surface area contributed by atoms with Gasteiger partial charge in [0.2, 0.25) is 0 Å². The van der Waals surface area contributed by atoms with Crippen molar-refractivity contribution in [3.8, 4) is 0 Å². The third kappa shape index (κ3) is 50.3. The van der Waals surface area contributed by atoms with E-state index in [1.165, 1.54) is 0 Å². The van der Waals surface area contributed by atoms with Gasteiger partial charge in [0.1, 0.15) is 0 Å². The predicted molar refractivity (Wildman–Crippen MR) is 81.5 cm³/mol. The fourth-order valence-electron chi connectivity index (χ4n) is 0.984. The Morgan fingerprint density at radius 1 is 0.591 bits per heavy atom. The van der Waals surface area contributed by atoms with Crippen LogP contribution in [0.15, 0.2) is 0 Å². The van der Waals surface area contributed by atoms with Gasteiger partial charge < -0.3 is 15.3 Å². The molecule has 0 rings (SSSR count). The first-order chi connectivity index (χ1) is 9.81. The molecule has 0 aromatic carbocycles. The van der Waals surface area contributed by atoms with Crippen LogP contribution in [-0.4, -0.2) is 33.2 Å². The van der Waals surface area contributed by atoms with Gasteiger partial charge in [-0.05, 0) is 19.3 Å². The number of rotatable bonds is 9. The fraction of sp³-hybridized carbons (Fsp3) is 0.800. The van der Waals surface area contributed by atoms with E-state index in [0.29, 0.717) is 19.3 Å². The maximum Gasteiger partial charge on any atom is 0.303 e. The van der Waals surface area contributed by atoms with Gasteiger partial charge in [0.15, 0.2) is 0 Å². The number of hydrogen-bond acceptors (Lipinski definition) is 3. The largest absolute Gasteiger partial charge is 0.481 e. The van der Waals surface area contributed by atoms with Crippen molar-refractivity contribution in [2.75, 3.05) is 0 Å². The predicted octanol–water partition coefficient (Wildman–Crippen LogP) is 3.78. The van der Waals surface area contributed by atoms with E-state index in [4.69, 9.17) is 15.3 Å². The van der Waals surface area contributed by atoms with Crippen LogP contribution in [-0.2, 0) is 14.4 Å². The Kier molecular flexibility index (Phi) is 34.7. The summed E-state index contributed by atoms with van der Waals surface area (Å²) in [5.41, 5.74) is 0. The van der Waals surface area contributed by atoms with Crippen LogP contribution in [0.25, 0.3) is 0 Å². The molecule has 0 fully saturated rings. The molecule has 0 atom stereocenters. The summed E-state index contributed by atoms with van der Waals surface area (Å²) in [4.78, 5) is 29.3. The van der Waals surface area contributed by atoms with Crippen LogP contribution in [0.5, 0.6) is 0 Å². The minimum atomic E-state index is -0.693. The van der Waals surface area contributed by atoms with E-state index < -0.39 is 17.9 Å². The summed E-state index contributed by atoms with van der Waals surface area (Å²) in [5, 5.41) is 24.1. The molecule has 132 valence electrons. The molecule has 0 unspecified atom stereocenters. The fourth-order valence-corrected chi connectivity index (χ4v) is 0.984. The second-order valence-corrected chi connectivity index (χ2v) is 4.49. The Labute approximate surface area is 165 Å². The zero-order valence-electron chi connectivity index (χ0n) is 13.8. The molecule has 6 nitrogen and oxygen atoms in total. The zero-order chi connectivity index (χ0) is 17.1. The van der Waals surface area contributed by atoms with Crippen molar-refractivity contribution in [1.29, 1.82) is 0 Å². The number of unbranched alkanes of at least 4 members (excludes halogenated alkanes) is 3. The van der Waals surface area contributed by atoms with E-state index in [0.717, 1.165) is 38.5 Å². The molecule has 0 aliphatic heterocycles. The van der Waals surface area contributed by atoms with Gasteiger partial charge >= 0.3 is 17.9 Å². The molecule has 0 saturated carbocycles. The van der Waals surface area contributed by atoms with Gasteiger partial charge in [-0.25, -0.2) is 0 Å². The topological polar surface area (TPSA) is 112 Å². The van der Waals surface area contributed by atoms with Crippen LogP contribution in [0.3, 0.4) is 0 Å². The van der Waals surface area contributed by atoms with Crippen LogP contribution >= 0.6 is 0 Å². The Balaban J connectivity index is -0.000000108. The molecule has 0 aliphatic rings. The summed E-state index contributed by atoms with van der Waals surface area (Å²) in [7, 11) is 0. The summed E-state index contributed by atoms with van der Waals surface area (Å²) in [6.07, 6.45) is 6.24. The maximum atomic E-state index is 9.76. The summed E-state index contributed by atoms with van der Waals surface area (Å²) < 4.78 is 0. The Morgan fingerprint density at radius 3 is 0.818 bits per heavy atom. The molecule has 0 saturated heterocycles. The van der Waals surface area contributed by atoms with E-state index in [2.05, 4.69) is 0 Å². The van der Waals surface area contributed by atoms with Crippen molar-refractivity contribution in [2.24, 2.45) is 0 Å². The van der Waals surface area contributed by atoms with Gasteiger partial charge in [-0.3, -0.25) is 14.4 Å². The molecule has 0 radical (unpaired) electrons. The van der Waals surface area contributed by atoms with E-state index >= 15 is 0 Å². The molecule has 0 aromatic heterocycles. The molecular formula is C15H30O6Sm. The van der Waals surface area contributed by atoms with Gasteiger partial charge in [-0.15, -0.1) is 0 Å². The molecule has 0 heterocycles. The van der Waals surface area contributed by atoms with E-state index in [-0.39, 0.29) is 40.4 Å². The molecule has 0 bridgehead atoms. The van der Waals surface area contributed by atoms with Crippen molar-refractivity contribution < 1.29 is 70.1 Å². The first-order valence-corrected chi connectivity index (χ1v) is 7.47. The number of carboxylic acid groups (broad SMARTS) is 3. The smallest absolute Gasteiger partial charge is 0.303 e. The Bertz CT molecular complexity index is 226. The number of hydrogen-bond donors (Lipinski definition) is 3. The molecular weight excluding hydrogens is 427 g/mol. The van der Waals surface area contributed by atoms with Gasteiger partial charge in [0.05, 0.1) is 0 Å². The van der Waals surface area contributed by atoms with Gasteiger partial charge in [0.25, 0.3) is 0 Å². The van der Waals surface area contributed by atoms with E-state index in [1.54, 1.807) is 0 Å². The van der Waals surface area contributed by atoms with Crippen molar-refractivity contribution in [3.63, 3.8) is 0 Å². The van der Waals surface area contributed by atoms with Crippen LogP contribution in [0.1, 0.15) is 78.6 Å². The normalized spacial score (nSPS) is 8.32. The minimum Gasteiger partial charge on any atom is -0.481 e. The number of carbonyl (C=O) groups is 3. The average molecular weight is 457 g/mol. The third-order valence-corrected chi connectivity index (χ3v) is 2.23. The molecule has 0 aromatic rings. The standard InChI is InChI=1S/3C5H10O2.Sm/c3*1-2-3-4-5(6)7;/h3*2-4H2,1H3,(H,6,7);. The molecule has 0 aliphatic carbocycles. The van der Waals surface area contributed by atoms with Crippen LogP contribution < -0.4 is 0 Å². The van der Waals surface area contributed by atoms with Gasteiger partial charge in [-0.1, -0.05) is 40.0 Å². The second kappa shape index (κ2) is 25.7.